The van der Waals surface area contributed by atoms with Crippen LogP contribution in [0.4, 0.5) is 0 Å². The van der Waals surface area contributed by atoms with E-state index in [-0.39, 0.29) is 18.5 Å². The van der Waals surface area contributed by atoms with Crippen LogP contribution in [-0.4, -0.2) is 30.3 Å². The summed E-state index contributed by atoms with van der Waals surface area (Å²) in [5.41, 5.74) is 0. The average Bonchev–Trinajstić information content (AvgIpc) is 2.30. The molecule has 0 amide bonds. The van der Waals surface area contributed by atoms with Crippen LogP contribution in [0.2, 0.25) is 0 Å². The third kappa shape index (κ3) is 2.64. The first-order valence-corrected chi connectivity index (χ1v) is 7.39. The molecule has 100 valence electrons. The molecule has 0 radical (unpaired) electrons. The minimum Gasteiger partial charge on any atom is -1.00 e. The first-order chi connectivity index (χ1) is 7.86. The summed E-state index contributed by atoms with van der Waals surface area (Å²) >= 11 is 0. The summed E-state index contributed by atoms with van der Waals surface area (Å²) in [5.74, 6) is 1.29. The molecule has 2 bridgehead atoms. The second-order valence-corrected chi connectivity index (χ2v) is 6.25. The fourth-order valence-corrected chi connectivity index (χ4v) is 4.55. The quantitative estimate of drug-likeness (QED) is 0.560. The molecule has 0 aromatic rings. The van der Waals surface area contributed by atoms with Gasteiger partial charge in [-0.05, 0) is 44.4 Å². The van der Waals surface area contributed by atoms with Crippen molar-refractivity contribution in [2.24, 2.45) is 11.8 Å². The lowest BCUT2D eigenvalue weighted by Crippen LogP contribution is -3.17. The van der Waals surface area contributed by atoms with E-state index in [4.69, 9.17) is 0 Å². The van der Waals surface area contributed by atoms with Crippen molar-refractivity contribution in [3.8, 4) is 0 Å². The van der Waals surface area contributed by atoms with Crippen molar-refractivity contribution in [3.63, 3.8) is 0 Å². The second kappa shape index (κ2) is 5.90. The van der Waals surface area contributed by atoms with Gasteiger partial charge in [-0.1, -0.05) is 6.42 Å². The summed E-state index contributed by atoms with van der Waals surface area (Å²) in [6, 6.07) is 0.798. The maximum Gasteiger partial charge on any atom is 0.0928 e. The summed E-state index contributed by atoms with van der Waals surface area (Å²) in [4.78, 5) is 1.83. The maximum atomic E-state index is 10.4. The van der Waals surface area contributed by atoms with Crippen LogP contribution in [0.25, 0.3) is 0 Å². The standard InChI is InChI=1S/C14H25NO.ClH/c16-14-11-5-4-6-12(14)13(8-7-11)15-9-2-1-3-10-15;/h11-14,16H,1-10H2;1H/t11?,12?,13?,14-;/m0./s1. The molecule has 2 saturated carbocycles. The molecule has 17 heavy (non-hydrogen) atoms. The van der Waals surface area contributed by atoms with Crippen LogP contribution in [-0.2, 0) is 0 Å². The van der Waals surface area contributed by atoms with Crippen LogP contribution in [0.3, 0.4) is 0 Å². The fraction of sp³-hybridized carbons (Fsp3) is 1.00. The number of hydrogen-bond donors (Lipinski definition) is 2. The zero-order valence-electron chi connectivity index (χ0n) is 10.7. The Morgan fingerprint density at radius 2 is 1.59 bits per heavy atom. The van der Waals surface area contributed by atoms with E-state index in [0.717, 1.165) is 6.04 Å². The van der Waals surface area contributed by atoms with Crippen molar-refractivity contribution in [3.05, 3.63) is 0 Å². The molecule has 3 unspecified atom stereocenters. The number of fused-ring (bicyclic) bond motifs is 2. The summed E-state index contributed by atoms with van der Waals surface area (Å²) < 4.78 is 0. The third-order valence-electron chi connectivity index (χ3n) is 5.42. The Morgan fingerprint density at radius 1 is 0.824 bits per heavy atom. The highest BCUT2D eigenvalue weighted by Crippen LogP contribution is 2.39. The van der Waals surface area contributed by atoms with Crippen LogP contribution < -0.4 is 17.3 Å². The molecule has 1 heterocycles. The Morgan fingerprint density at radius 3 is 2.35 bits per heavy atom. The predicted octanol–water partition coefficient (Wildman–Crippen LogP) is -2.00. The van der Waals surface area contributed by atoms with Gasteiger partial charge in [-0.2, -0.15) is 0 Å². The number of quaternary nitrogens is 1. The topological polar surface area (TPSA) is 24.7 Å². The molecule has 2 aliphatic carbocycles. The highest BCUT2D eigenvalue weighted by molar-refractivity contribution is 4.91. The monoisotopic (exact) mass is 259 g/mol. The first-order valence-electron chi connectivity index (χ1n) is 7.39. The SMILES string of the molecule is O[C@H]1C2CCCC1C([NH+]1CCCCC1)CC2.[Cl-]. The van der Waals surface area contributed by atoms with E-state index >= 15 is 0 Å². The number of aliphatic hydroxyl groups is 1. The van der Waals surface area contributed by atoms with Crippen molar-refractivity contribution in [2.45, 2.75) is 63.5 Å². The molecule has 3 fully saturated rings. The number of likely N-dealkylation sites (tertiary alicyclic amines) is 1. The molecule has 1 aliphatic heterocycles. The molecular formula is C14H26ClNO. The van der Waals surface area contributed by atoms with Gasteiger partial charge in [0.15, 0.2) is 0 Å². The zero-order chi connectivity index (χ0) is 11.0. The second-order valence-electron chi connectivity index (χ2n) is 6.25. The number of hydrogen-bond acceptors (Lipinski definition) is 1. The van der Waals surface area contributed by atoms with Crippen molar-refractivity contribution in [1.82, 2.24) is 0 Å². The van der Waals surface area contributed by atoms with E-state index in [1.54, 1.807) is 0 Å². The largest absolute Gasteiger partial charge is 1.00 e. The zero-order valence-corrected chi connectivity index (χ0v) is 11.5. The Hall–Kier alpha value is 0.210. The van der Waals surface area contributed by atoms with Crippen LogP contribution in [0.15, 0.2) is 0 Å². The van der Waals surface area contributed by atoms with Gasteiger partial charge in [-0.25, -0.2) is 0 Å². The highest BCUT2D eigenvalue weighted by Gasteiger charge is 2.45. The van der Waals surface area contributed by atoms with Gasteiger partial charge in [0.25, 0.3) is 0 Å². The Balaban J connectivity index is 0.00000108. The number of halogens is 1. The van der Waals surface area contributed by atoms with Gasteiger partial charge in [-0.3, -0.25) is 0 Å². The molecule has 3 aliphatic rings. The van der Waals surface area contributed by atoms with Crippen molar-refractivity contribution in [1.29, 1.82) is 0 Å². The van der Waals surface area contributed by atoms with E-state index in [2.05, 4.69) is 0 Å². The smallest absolute Gasteiger partial charge is 0.0928 e. The minimum absolute atomic E-state index is 0. The van der Waals surface area contributed by atoms with Gasteiger partial charge in [-0.15, -0.1) is 0 Å². The molecule has 3 rings (SSSR count). The predicted molar refractivity (Wildman–Crippen MR) is 64.4 cm³/mol. The molecule has 0 aromatic carbocycles. The van der Waals surface area contributed by atoms with Gasteiger partial charge in [0.1, 0.15) is 0 Å². The Bertz CT molecular complexity index is 242. The molecule has 2 nitrogen and oxygen atoms in total. The first kappa shape index (κ1) is 13.6. The van der Waals surface area contributed by atoms with Gasteiger partial charge in [0.05, 0.1) is 25.2 Å². The fourth-order valence-electron chi connectivity index (χ4n) is 4.55. The van der Waals surface area contributed by atoms with E-state index in [9.17, 15) is 5.11 Å². The van der Waals surface area contributed by atoms with Gasteiger partial charge < -0.3 is 22.4 Å². The van der Waals surface area contributed by atoms with E-state index < -0.39 is 0 Å². The van der Waals surface area contributed by atoms with Gasteiger partial charge in [0, 0.05) is 12.3 Å². The maximum absolute atomic E-state index is 10.4. The molecule has 3 heteroatoms. The number of aliphatic hydroxyl groups excluding tert-OH is 1. The van der Waals surface area contributed by atoms with Crippen LogP contribution in [0.5, 0.6) is 0 Å². The number of piperidine rings is 1. The van der Waals surface area contributed by atoms with Gasteiger partial charge in [0.2, 0.25) is 0 Å². The molecular weight excluding hydrogens is 234 g/mol. The minimum atomic E-state index is 0. The summed E-state index contributed by atoms with van der Waals surface area (Å²) in [6.07, 6.45) is 11.0. The lowest BCUT2D eigenvalue weighted by molar-refractivity contribution is -0.936. The van der Waals surface area contributed by atoms with Crippen molar-refractivity contribution < 1.29 is 22.4 Å². The lowest BCUT2D eigenvalue weighted by atomic mass is 9.67. The van der Waals surface area contributed by atoms with Gasteiger partial charge >= 0.3 is 0 Å². The summed E-state index contributed by atoms with van der Waals surface area (Å²) in [5, 5.41) is 10.4. The Labute approximate surface area is 111 Å². The molecule has 0 spiro atoms. The average molecular weight is 260 g/mol. The van der Waals surface area contributed by atoms with Crippen LogP contribution in [0.1, 0.15) is 51.4 Å². The van der Waals surface area contributed by atoms with E-state index in [1.165, 1.54) is 64.5 Å². The Kier molecular flexibility index (Phi) is 4.73. The third-order valence-corrected chi connectivity index (χ3v) is 5.42. The van der Waals surface area contributed by atoms with Crippen LogP contribution in [0, 0.1) is 11.8 Å². The number of nitrogens with one attached hydrogen (secondary N) is 1. The summed E-state index contributed by atoms with van der Waals surface area (Å²) in [7, 11) is 0. The molecule has 2 N–H and O–H groups in total. The lowest BCUT2D eigenvalue weighted by Gasteiger charge is -2.47. The van der Waals surface area contributed by atoms with Crippen molar-refractivity contribution >= 4 is 0 Å². The van der Waals surface area contributed by atoms with Crippen molar-refractivity contribution in [2.75, 3.05) is 13.1 Å². The van der Waals surface area contributed by atoms with Crippen LogP contribution >= 0.6 is 0 Å². The summed E-state index contributed by atoms with van der Waals surface area (Å²) in [6.45, 7) is 2.75. The molecule has 1 saturated heterocycles. The number of rotatable bonds is 1. The highest BCUT2D eigenvalue weighted by atomic mass is 35.5. The normalized spacial score (nSPS) is 42.9. The molecule has 0 aromatic heterocycles. The molecule has 4 atom stereocenters. The van der Waals surface area contributed by atoms with E-state index in [1.807, 2.05) is 4.90 Å². The van der Waals surface area contributed by atoms with E-state index in [0.29, 0.717) is 11.8 Å².